The van der Waals surface area contributed by atoms with Gasteiger partial charge in [-0.1, -0.05) is 25.1 Å². The van der Waals surface area contributed by atoms with E-state index in [0.717, 1.165) is 34.7 Å². The lowest BCUT2D eigenvalue weighted by molar-refractivity contribution is 0.0107. The number of carbonyl (C=O) groups excluding carboxylic acids is 1. The van der Waals surface area contributed by atoms with Crippen LogP contribution in [0, 0.1) is 24.7 Å². The predicted octanol–water partition coefficient (Wildman–Crippen LogP) is 4.93. The number of carbonyl (C=O) groups is 1. The number of amides is 1. The molecule has 6 rings (SSSR count). The standard InChI is InChI=1S/C26H33N3O3S/c1-3-27-33(31,32)21-9-8-17(2)22(13-21)25(30)28-23-6-4-5-7-24(23)29-26-14-18-10-19(15-26)12-20(11-18)16-26/h4-9,13,18-20,27,29H,3,10-12,14-16H2,1-2H3,(H,28,30). The SMILES string of the molecule is CCNS(=O)(=O)c1ccc(C)c(C(=O)Nc2ccccc2NC23CC4CC(CC(C4)C2)C3)c1. The van der Waals surface area contributed by atoms with Crippen LogP contribution in [0.15, 0.2) is 47.4 Å². The fourth-order valence-corrected chi connectivity index (χ4v) is 7.79. The monoisotopic (exact) mass is 467 g/mol. The van der Waals surface area contributed by atoms with Gasteiger partial charge in [-0.3, -0.25) is 4.79 Å². The van der Waals surface area contributed by atoms with Gasteiger partial charge in [0, 0.05) is 17.6 Å². The van der Waals surface area contributed by atoms with E-state index in [-0.39, 0.29) is 16.3 Å². The van der Waals surface area contributed by atoms with Crippen LogP contribution in [0.5, 0.6) is 0 Å². The molecule has 0 spiro atoms. The van der Waals surface area contributed by atoms with Crippen molar-refractivity contribution in [1.82, 2.24) is 4.72 Å². The Labute approximate surface area is 196 Å². The Kier molecular flexibility index (Phi) is 5.73. The van der Waals surface area contributed by atoms with Gasteiger partial charge in [-0.15, -0.1) is 0 Å². The first-order chi connectivity index (χ1) is 15.8. The van der Waals surface area contributed by atoms with Gasteiger partial charge in [0.15, 0.2) is 0 Å². The van der Waals surface area contributed by atoms with Gasteiger partial charge in [0.05, 0.1) is 16.3 Å². The highest BCUT2D eigenvalue weighted by Crippen LogP contribution is 2.56. The second kappa shape index (κ2) is 8.44. The summed E-state index contributed by atoms with van der Waals surface area (Å²) in [6.45, 7) is 3.84. The van der Waals surface area contributed by atoms with E-state index >= 15 is 0 Å². The topological polar surface area (TPSA) is 87.3 Å². The molecular weight excluding hydrogens is 434 g/mol. The number of benzene rings is 2. The molecule has 4 aliphatic rings. The largest absolute Gasteiger partial charge is 0.378 e. The maximum absolute atomic E-state index is 13.2. The zero-order valence-electron chi connectivity index (χ0n) is 19.4. The lowest BCUT2D eigenvalue weighted by Crippen LogP contribution is -2.54. The van der Waals surface area contributed by atoms with Crippen molar-refractivity contribution in [3.05, 3.63) is 53.6 Å². The summed E-state index contributed by atoms with van der Waals surface area (Å²) < 4.78 is 27.3. The quantitative estimate of drug-likeness (QED) is 0.539. The van der Waals surface area contributed by atoms with Crippen LogP contribution < -0.4 is 15.4 Å². The van der Waals surface area contributed by atoms with Gasteiger partial charge in [0.25, 0.3) is 5.91 Å². The van der Waals surface area contributed by atoms with Crippen molar-refractivity contribution in [2.45, 2.75) is 62.8 Å². The first-order valence-electron chi connectivity index (χ1n) is 12.1. The maximum atomic E-state index is 13.2. The molecule has 0 saturated heterocycles. The van der Waals surface area contributed by atoms with Crippen LogP contribution in [-0.2, 0) is 10.0 Å². The molecule has 3 N–H and O–H groups in total. The van der Waals surface area contributed by atoms with Gasteiger partial charge in [-0.05, 0) is 93.0 Å². The van der Waals surface area contributed by atoms with Crippen molar-refractivity contribution >= 4 is 27.3 Å². The van der Waals surface area contributed by atoms with E-state index in [9.17, 15) is 13.2 Å². The summed E-state index contributed by atoms with van der Waals surface area (Å²) >= 11 is 0. The first-order valence-corrected chi connectivity index (χ1v) is 13.5. The molecule has 1 amide bonds. The van der Waals surface area contributed by atoms with Gasteiger partial charge >= 0.3 is 0 Å². The van der Waals surface area contributed by atoms with Crippen LogP contribution in [0.2, 0.25) is 0 Å². The normalized spacial score (nSPS) is 28.0. The molecule has 0 atom stereocenters. The van der Waals surface area contributed by atoms with E-state index < -0.39 is 10.0 Å². The molecule has 0 heterocycles. The summed E-state index contributed by atoms with van der Waals surface area (Å²) in [6, 6.07) is 12.5. The van der Waals surface area contributed by atoms with Crippen LogP contribution in [0.3, 0.4) is 0 Å². The molecule has 4 saturated carbocycles. The number of nitrogens with one attached hydrogen (secondary N) is 3. The molecule has 0 aromatic heterocycles. The summed E-state index contributed by atoms with van der Waals surface area (Å²) in [7, 11) is -3.64. The van der Waals surface area contributed by atoms with Crippen molar-refractivity contribution in [1.29, 1.82) is 0 Å². The highest BCUT2D eigenvalue weighted by molar-refractivity contribution is 7.89. The summed E-state index contributed by atoms with van der Waals surface area (Å²) in [6.07, 6.45) is 7.78. The molecule has 2 aromatic rings. The third kappa shape index (κ3) is 4.41. The minimum absolute atomic E-state index is 0.0973. The minimum atomic E-state index is -3.64. The number of rotatable bonds is 7. The number of sulfonamides is 1. The third-order valence-electron chi connectivity index (χ3n) is 7.71. The second-order valence-corrected chi connectivity index (χ2v) is 12.1. The van der Waals surface area contributed by atoms with Crippen LogP contribution in [-0.4, -0.2) is 26.4 Å². The second-order valence-electron chi connectivity index (χ2n) is 10.3. The summed E-state index contributed by atoms with van der Waals surface area (Å²) in [5, 5.41) is 6.90. The van der Waals surface area contributed by atoms with Crippen molar-refractivity contribution < 1.29 is 13.2 Å². The molecule has 0 radical (unpaired) electrons. The fourth-order valence-electron chi connectivity index (χ4n) is 6.73. The third-order valence-corrected chi connectivity index (χ3v) is 9.25. The maximum Gasteiger partial charge on any atom is 0.256 e. The minimum Gasteiger partial charge on any atom is -0.378 e. The van der Waals surface area contributed by atoms with Gasteiger partial charge in [-0.25, -0.2) is 13.1 Å². The van der Waals surface area contributed by atoms with Crippen LogP contribution >= 0.6 is 0 Å². The Hall–Kier alpha value is -2.38. The smallest absolute Gasteiger partial charge is 0.256 e. The van der Waals surface area contributed by atoms with E-state index in [1.54, 1.807) is 13.0 Å². The van der Waals surface area contributed by atoms with E-state index in [4.69, 9.17) is 0 Å². The van der Waals surface area contributed by atoms with E-state index in [2.05, 4.69) is 15.4 Å². The fraction of sp³-hybridized carbons (Fsp3) is 0.500. The van der Waals surface area contributed by atoms with E-state index in [1.165, 1.54) is 50.7 Å². The van der Waals surface area contributed by atoms with Gasteiger partial charge in [-0.2, -0.15) is 0 Å². The molecule has 4 fully saturated rings. The average Bonchev–Trinajstić information content (AvgIpc) is 2.74. The average molecular weight is 468 g/mol. The Bertz CT molecular complexity index is 1140. The molecular formula is C26H33N3O3S. The van der Waals surface area contributed by atoms with Crippen LogP contribution in [0.1, 0.15) is 61.4 Å². The van der Waals surface area contributed by atoms with E-state index in [1.807, 2.05) is 31.2 Å². The molecule has 0 aliphatic heterocycles. The zero-order chi connectivity index (χ0) is 23.2. The number of para-hydroxylation sites is 2. The van der Waals surface area contributed by atoms with E-state index in [0.29, 0.717) is 12.1 Å². The summed E-state index contributed by atoms with van der Waals surface area (Å²) in [5.41, 5.74) is 2.90. The molecule has 0 unspecified atom stereocenters. The Morgan fingerprint density at radius 2 is 1.58 bits per heavy atom. The van der Waals surface area contributed by atoms with Gasteiger partial charge < -0.3 is 10.6 Å². The number of hydrogen-bond donors (Lipinski definition) is 3. The highest BCUT2D eigenvalue weighted by atomic mass is 32.2. The van der Waals surface area contributed by atoms with Gasteiger partial charge in [0.2, 0.25) is 10.0 Å². The molecule has 2 aromatic carbocycles. The van der Waals surface area contributed by atoms with Crippen LogP contribution in [0.4, 0.5) is 11.4 Å². The molecule has 33 heavy (non-hydrogen) atoms. The van der Waals surface area contributed by atoms with Crippen molar-refractivity contribution in [3.8, 4) is 0 Å². The molecule has 176 valence electrons. The van der Waals surface area contributed by atoms with Crippen molar-refractivity contribution in [3.63, 3.8) is 0 Å². The summed E-state index contributed by atoms with van der Waals surface area (Å²) in [4.78, 5) is 13.3. The predicted molar refractivity (Wildman–Crippen MR) is 131 cm³/mol. The van der Waals surface area contributed by atoms with Crippen LogP contribution in [0.25, 0.3) is 0 Å². The molecule has 6 nitrogen and oxygen atoms in total. The Balaban J connectivity index is 1.39. The Morgan fingerprint density at radius 1 is 0.970 bits per heavy atom. The molecule has 4 aliphatic carbocycles. The summed E-state index contributed by atoms with van der Waals surface area (Å²) in [5.74, 6) is 2.18. The zero-order valence-corrected chi connectivity index (χ0v) is 20.2. The number of hydrogen-bond acceptors (Lipinski definition) is 4. The lowest BCUT2D eigenvalue weighted by Gasteiger charge is -2.57. The number of aryl methyl sites for hydroxylation is 1. The number of anilines is 2. The molecule has 7 heteroatoms. The van der Waals surface area contributed by atoms with Gasteiger partial charge in [0.1, 0.15) is 0 Å². The highest BCUT2D eigenvalue weighted by Gasteiger charge is 2.51. The Morgan fingerprint density at radius 3 is 2.18 bits per heavy atom. The van der Waals surface area contributed by atoms with Crippen molar-refractivity contribution in [2.75, 3.05) is 17.2 Å². The first kappa shape index (κ1) is 22.4. The van der Waals surface area contributed by atoms with Crippen molar-refractivity contribution in [2.24, 2.45) is 17.8 Å². The molecule has 4 bridgehead atoms. The lowest BCUT2D eigenvalue weighted by atomic mass is 9.53.